The van der Waals surface area contributed by atoms with Crippen LogP contribution in [0.5, 0.6) is 5.75 Å². The molecule has 6 nitrogen and oxygen atoms in total. The number of carboxylic acids is 1. The van der Waals surface area contributed by atoms with Gasteiger partial charge in [0.1, 0.15) is 11.3 Å². The maximum atomic E-state index is 12.5. The van der Waals surface area contributed by atoms with Crippen LogP contribution in [0.2, 0.25) is 0 Å². The van der Waals surface area contributed by atoms with Crippen molar-refractivity contribution in [1.29, 1.82) is 0 Å². The molecule has 2 N–H and O–H groups in total. The van der Waals surface area contributed by atoms with Gasteiger partial charge in [0.15, 0.2) is 0 Å². The second-order valence-electron chi connectivity index (χ2n) is 4.56. The van der Waals surface area contributed by atoms with E-state index in [1.807, 2.05) is 6.08 Å². The summed E-state index contributed by atoms with van der Waals surface area (Å²) in [7, 11) is -3.76. The first-order valence-corrected chi connectivity index (χ1v) is 7.50. The highest BCUT2D eigenvalue weighted by Gasteiger charge is 2.28. The number of aryl methyl sites for hydroxylation is 1. The molecule has 0 amide bonds. The number of hydrogen-bond donors (Lipinski definition) is 2. The number of aromatic hydroxyl groups is 1. The Morgan fingerprint density at radius 1 is 1.30 bits per heavy atom. The maximum absolute atomic E-state index is 12.5. The molecule has 0 radical (unpaired) electrons. The average molecular weight is 297 g/mol. The van der Waals surface area contributed by atoms with E-state index < -0.39 is 27.3 Å². The molecule has 0 fully saturated rings. The average Bonchev–Trinajstić information content (AvgIpc) is 2.39. The second kappa shape index (κ2) is 5.26. The van der Waals surface area contributed by atoms with Crippen LogP contribution in [-0.4, -0.2) is 42.0 Å². The molecule has 1 heterocycles. The predicted octanol–water partition coefficient (Wildman–Crippen LogP) is 1.35. The number of aromatic carboxylic acids is 1. The monoisotopic (exact) mass is 297 g/mol. The highest BCUT2D eigenvalue weighted by atomic mass is 32.2. The lowest BCUT2D eigenvalue weighted by atomic mass is 10.1. The summed E-state index contributed by atoms with van der Waals surface area (Å²) in [4.78, 5) is 10.9. The van der Waals surface area contributed by atoms with Crippen molar-refractivity contribution in [3.8, 4) is 5.75 Å². The lowest BCUT2D eigenvalue weighted by molar-refractivity contribution is 0.0693. The van der Waals surface area contributed by atoms with Gasteiger partial charge in [-0.05, 0) is 31.0 Å². The summed E-state index contributed by atoms with van der Waals surface area (Å²) in [5, 5.41) is 18.5. The van der Waals surface area contributed by atoms with Gasteiger partial charge in [0, 0.05) is 13.1 Å². The third-order valence-electron chi connectivity index (χ3n) is 3.16. The van der Waals surface area contributed by atoms with Gasteiger partial charge in [-0.15, -0.1) is 0 Å². The topological polar surface area (TPSA) is 94.9 Å². The van der Waals surface area contributed by atoms with Gasteiger partial charge in [-0.1, -0.05) is 12.2 Å². The fourth-order valence-electron chi connectivity index (χ4n) is 2.10. The molecule has 0 aliphatic carbocycles. The van der Waals surface area contributed by atoms with E-state index >= 15 is 0 Å². The molecule has 20 heavy (non-hydrogen) atoms. The molecule has 0 aromatic heterocycles. The summed E-state index contributed by atoms with van der Waals surface area (Å²) in [6.07, 6.45) is 4.29. The van der Waals surface area contributed by atoms with Crippen LogP contribution in [0, 0.1) is 6.92 Å². The Balaban J connectivity index is 2.54. The van der Waals surface area contributed by atoms with Crippen molar-refractivity contribution < 1.29 is 23.4 Å². The van der Waals surface area contributed by atoms with Crippen LogP contribution in [0.15, 0.2) is 29.2 Å². The number of nitrogens with zero attached hydrogens (tertiary/aromatic N) is 1. The molecule has 1 aromatic rings. The highest BCUT2D eigenvalue weighted by Crippen LogP contribution is 2.28. The second-order valence-corrected chi connectivity index (χ2v) is 6.47. The Bertz CT molecular complexity index is 678. The molecule has 1 aliphatic heterocycles. The Labute approximate surface area is 117 Å². The molecule has 108 valence electrons. The summed E-state index contributed by atoms with van der Waals surface area (Å²) in [5.74, 6) is -1.80. The van der Waals surface area contributed by atoms with E-state index in [-0.39, 0.29) is 11.4 Å². The molecule has 0 saturated heterocycles. The first-order valence-electron chi connectivity index (χ1n) is 6.06. The van der Waals surface area contributed by atoms with Crippen molar-refractivity contribution in [3.63, 3.8) is 0 Å². The molecule has 2 rings (SSSR count). The van der Waals surface area contributed by atoms with Gasteiger partial charge in [0.05, 0.1) is 4.90 Å². The largest absolute Gasteiger partial charge is 0.507 e. The Morgan fingerprint density at radius 3 is 2.55 bits per heavy atom. The van der Waals surface area contributed by atoms with Gasteiger partial charge in [-0.3, -0.25) is 0 Å². The van der Waals surface area contributed by atoms with Crippen molar-refractivity contribution in [2.24, 2.45) is 0 Å². The van der Waals surface area contributed by atoms with Crippen LogP contribution in [0.1, 0.15) is 22.3 Å². The minimum Gasteiger partial charge on any atom is -0.507 e. The predicted molar refractivity (Wildman–Crippen MR) is 72.3 cm³/mol. The van der Waals surface area contributed by atoms with Gasteiger partial charge in [-0.2, -0.15) is 4.31 Å². The number of benzene rings is 1. The highest BCUT2D eigenvalue weighted by molar-refractivity contribution is 7.89. The smallest absolute Gasteiger partial charge is 0.339 e. The number of phenols is 1. The quantitative estimate of drug-likeness (QED) is 0.821. The zero-order valence-corrected chi connectivity index (χ0v) is 11.7. The lowest BCUT2D eigenvalue weighted by Crippen LogP contribution is -2.34. The van der Waals surface area contributed by atoms with Gasteiger partial charge in [0.2, 0.25) is 10.0 Å². The SMILES string of the molecule is Cc1cc(O)c(C(=O)O)cc1S(=O)(=O)N1CC=CCC1. The molecule has 1 aromatic carbocycles. The van der Waals surface area contributed by atoms with Crippen molar-refractivity contribution in [1.82, 2.24) is 4.31 Å². The van der Waals surface area contributed by atoms with E-state index in [9.17, 15) is 18.3 Å². The van der Waals surface area contributed by atoms with Crippen molar-refractivity contribution in [2.45, 2.75) is 18.2 Å². The zero-order chi connectivity index (χ0) is 14.9. The number of hydrogen-bond acceptors (Lipinski definition) is 4. The molecule has 0 atom stereocenters. The molecule has 0 unspecified atom stereocenters. The van der Waals surface area contributed by atoms with Crippen LogP contribution in [0.25, 0.3) is 0 Å². The molecule has 0 bridgehead atoms. The molecule has 1 aliphatic rings. The number of sulfonamides is 1. The van der Waals surface area contributed by atoms with Crippen molar-refractivity contribution >= 4 is 16.0 Å². The van der Waals surface area contributed by atoms with Gasteiger partial charge < -0.3 is 10.2 Å². The Morgan fingerprint density at radius 2 is 2.00 bits per heavy atom. The summed E-state index contributed by atoms with van der Waals surface area (Å²) in [6, 6.07) is 2.18. The van der Waals surface area contributed by atoms with Crippen LogP contribution in [-0.2, 0) is 10.0 Å². The van der Waals surface area contributed by atoms with Crippen molar-refractivity contribution in [2.75, 3.05) is 13.1 Å². The molecule has 0 spiro atoms. The zero-order valence-electron chi connectivity index (χ0n) is 10.9. The van der Waals surface area contributed by atoms with Crippen molar-refractivity contribution in [3.05, 3.63) is 35.4 Å². The van der Waals surface area contributed by atoms with Gasteiger partial charge >= 0.3 is 5.97 Å². The molecular weight excluding hydrogens is 282 g/mol. The van der Waals surface area contributed by atoms with E-state index in [2.05, 4.69) is 0 Å². The summed E-state index contributed by atoms with van der Waals surface area (Å²) in [5.41, 5.74) is -0.0937. The van der Waals surface area contributed by atoms with E-state index in [0.717, 1.165) is 12.1 Å². The fourth-order valence-corrected chi connectivity index (χ4v) is 3.74. The minimum absolute atomic E-state index is 0.0806. The van der Waals surface area contributed by atoms with Crippen LogP contribution >= 0.6 is 0 Å². The minimum atomic E-state index is -3.76. The Hall–Kier alpha value is -1.86. The number of rotatable bonds is 3. The van der Waals surface area contributed by atoms with E-state index in [1.165, 1.54) is 11.2 Å². The third-order valence-corrected chi connectivity index (χ3v) is 5.17. The van der Waals surface area contributed by atoms with Gasteiger partial charge in [0.25, 0.3) is 0 Å². The number of carboxylic acid groups (broad SMARTS) is 1. The van der Waals surface area contributed by atoms with E-state index in [4.69, 9.17) is 5.11 Å². The third kappa shape index (κ3) is 2.54. The summed E-state index contributed by atoms with van der Waals surface area (Å²) < 4.78 is 26.3. The van der Waals surface area contributed by atoms with Gasteiger partial charge in [-0.25, -0.2) is 13.2 Å². The van der Waals surface area contributed by atoms with Crippen LogP contribution < -0.4 is 0 Å². The molecule has 7 heteroatoms. The van der Waals surface area contributed by atoms with Crippen LogP contribution in [0.4, 0.5) is 0 Å². The standard InChI is InChI=1S/C13H15NO5S/c1-9-7-11(15)10(13(16)17)8-12(9)20(18,19)14-5-3-2-4-6-14/h2-3,7-8,15H,4-6H2,1H3,(H,16,17). The van der Waals surface area contributed by atoms with Crippen LogP contribution in [0.3, 0.4) is 0 Å². The summed E-state index contributed by atoms with van der Waals surface area (Å²) >= 11 is 0. The molecular formula is C13H15NO5S. The first-order chi connectivity index (χ1) is 9.34. The first kappa shape index (κ1) is 14.5. The normalized spacial score (nSPS) is 16.2. The lowest BCUT2D eigenvalue weighted by Gasteiger charge is -2.24. The maximum Gasteiger partial charge on any atom is 0.339 e. The van der Waals surface area contributed by atoms with E-state index in [1.54, 1.807) is 6.08 Å². The Kier molecular flexibility index (Phi) is 3.82. The summed E-state index contributed by atoms with van der Waals surface area (Å²) in [6.45, 7) is 2.16. The van der Waals surface area contributed by atoms with E-state index in [0.29, 0.717) is 18.5 Å². The number of carbonyl (C=O) groups is 1. The fraction of sp³-hybridized carbons (Fsp3) is 0.308. The molecule has 0 saturated carbocycles.